The lowest BCUT2D eigenvalue weighted by Crippen LogP contribution is -2.55. The van der Waals surface area contributed by atoms with Crippen LogP contribution in [-0.4, -0.2) is 51.9 Å². The maximum Gasteiger partial charge on any atom is 0.251 e. The third-order valence-electron chi connectivity index (χ3n) is 8.33. The molecule has 1 heterocycles. The third-order valence-corrected chi connectivity index (χ3v) is 8.56. The molecule has 1 fully saturated rings. The SMILES string of the molecule is CC(C)C[C@H](NC(=O)[C@H](C)NC(=O)c1ccc(CNCCCn2ccnc2)cc1)C(=O)NC1CCCC[C@H]1c1cccc(Cl)c1. The predicted molar refractivity (Wildman–Crippen MR) is 178 cm³/mol. The topological polar surface area (TPSA) is 117 Å². The van der Waals surface area contributed by atoms with Gasteiger partial charge in [0.2, 0.25) is 11.8 Å². The van der Waals surface area contributed by atoms with E-state index in [2.05, 4.69) is 32.3 Å². The molecule has 45 heavy (non-hydrogen) atoms. The summed E-state index contributed by atoms with van der Waals surface area (Å²) in [5.74, 6) is -0.569. The van der Waals surface area contributed by atoms with Crippen LogP contribution in [0.4, 0.5) is 0 Å². The minimum Gasteiger partial charge on any atom is -0.351 e. The lowest BCUT2D eigenvalue weighted by Gasteiger charge is -2.34. The quantitative estimate of drug-likeness (QED) is 0.171. The molecule has 4 atom stereocenters. The molecule has 0 bridgehead atoms. The minimum atomic E-state index is -0.814. The highest BCUT2D eigenvalue weighted by molar-refractivity contribution is 6.30. The Hall–Kier alpha value is -3.69. The number of hydrogen-bond donors (Lipinski definition) is 4. The summed E-state index contributed by atoms with van der Waals surface area (Å²) < 4.78 is 2.05. The maximum absolute atomic E-state index is 13.5. The standard InChI is InChI=1S/C35H47ClN6O3/c1-24(2)20-32(35(45)40-31-11-5-4-10-30(31)28-8-6-9-29(36)21-28)41-33(43)25(3)39-34(44)27-14-12-26(13-15-27)22-37-16-7-18-42-19-17-38-23-42/h6,8-9,12-15,17,19,21,23-25,30-32,37H,4-5,7,10-11,16,18,20,22H2,1-3H3,(H,39,44)(H,40,45)(H,41,43)/t25-,30-,31?,32-/m0/s1. The first-order valence-corrected chi connectivity index (χ1v) is 16.5. The summed E-state index contributed by atoms with van der Waals surface area (Å²) in [6, 6.07) is 13.6. The molecule has 10 heteroatoms. The number of aryl methyl sites for hydroxylation is 1. The van der Waals surface area contributed by atoms with Gasteiger partial charge in [-0.05, 0) is 80.5 Å². The van der Waals surface area contributed by atoms with Crippen LogP contribution in [-0.2, 0) is 22.7 Å². The summed E-state index contributed by atoms with van der Waals surface area (Å²) >= 11 is 6.27. The van der Waals surface area contributed by atoms with Gasteiger partial charge in [-0.1, -0.05) is 62.6 Å². The van der Waals surface area contributed by atoms with Gasteiger partial charge in [-0.3, -0.25) is 14.4 Å². The molecule has 0 aliphatic heterocycles. The molecule has 3 amide bonds. The van der Waals surface area contributed by atoms with Gasteiger partial charge in [0.05, 0.1) is 6.33 Å². The molecule has 9 nitrogen and oxygen atoms in total. The van der Waals surface area contributed by atoms with Crippen molar-refractivity contribution in [1.29, 1.82) is 0 Å². The second kappa shape index (κ2) is 17.1. The van der Waals surface area contributed by atoms with E-state index in [1.54, 1.807) is 25.3 Å². The monoisotopic (exact) mass is 634 g/mol. The molecular weight excluding hydrogens is 588 g/mol. The number of aromatic nitrogens is 2. The Morgan fingerprint density at radius 2 is 1.78 bits per heavy atom. The molecule has 3 aromatic rings. The summed E-state index contributed by atoms with van der Waals surface area (Å²) in [4.78, 5) is 43.7. The summed E-state index contributed by atoms with van der Waals surface area (Å²) in [5, 5.41) is 13.0. The summed E-state index contributed by atoms with van der Waals surface area (Å²) in [6.45, 7) is 8.15. The number of benzene rings is 2. The highest BCUT2D eigenvalue weighted by Crippen LogP contribution is 2.34. The molecule has 1 unspecified atom stereocenters. The molecule has 1 aromatic heterocycles. The van der Waals surface area contributed by atoms with Crippen LogP contribution in [0, 0.1) is 5.92 Å². The second-order valence-electron chi connectivity index (χ2n) is 12.5. The number of amides is 3. The Kier molecular flexibility index (Phi) is 13.0. The van der Waals surface area contributed by atoms with E-state index < -0.39 is 18.0 Å². The lowest BCUT2D eigenvalue weighted by atomic mass is 9.80. The van der Waals surface area contributed by atoms with Crippen molar-refractivity contribution in [1.82, 2.24) is 30.8 Å². The molecule has 4 N–H and O–H groups in total. The van der Waals surface area contributed by atoms with E-state index in [0.29, 0.717) is 23.6 Å². The molecule has 1 aliphatic carbocycles. The van der Waals surface area contributed by atoms with Crippen molar-refractivity contribution in [2.24, 2.45) is 5.92 Å². The van der Waals surface area contributed by atoms with E-state index in [9.17, 15) is 14.4 Å². The summed E-state index contributed by atoms with van der Waals surface area (Å²) in [5.41, 5.74) is 2.66. The average Bonchev–Trinajstić information content (AvgIpc) is 3.54. The van der Waals surface area contributed by atoms with E-state index in [4.69, 9.17) is 11.6 Å². The number of carbonyl (C=O) groups excluding carboxylic acids is 3. The zero-order chi connectivity index (χ0) is 32.2. The van der Waals surface area contributed by atoms with Gasteiger partial charge in [0.25, 0.3) is 5.91 Å². The van der Waals surface area contributed by atoms with E-state index in [0.717, 1.165) is 56.3 Å². The first-order valence-electron chi connectivity index (χ1n) is 16.1. The number of rotatable bonds is 15. The molecule has 242 valence electrons. The molecule has 0 radical (unpaired) electrons. The first kappa shape index (κ1) is 34.2. The Labute approximate surface area is 271 Å². The van der Waals surface area contributed by atoms with Crippen LogP contribution in [0.15, 0.2) is 67.3 Å². The fourth-order valence-corrected chi connectivity index (χ4v) is 6.08. The van der Waals surface area contributed by atoms with Crippen LogP contribution in [0.25, 0.3) is 0 Å². The Bertz CT molecular complexity index is 1380. The van der Waals surface area contributed by atoms with Crippen molar-refractivity contribution in [2.45, 2.75) is 96.4 Å². The van der Waals surface area contributed by atoms with Crippen molar-refractivity contribution in [3.8, 4) is 0 Å². The van der Waals surface area contributed by atoms with Crippen molar-refractivity contribution >= 4 is 29.3 Å². The fourth-order valence-electron chi connectivity index (χ4n) is 5.88. The Morgan fingerprint density at radius 1 is 1.00 bits per heavy atom. The van der Waals surface area contributed by atoms with Crippen molar-refractivity contribution in [3.63, 3.8) is 0 Å². The number of imidazole rings is 1. The summed E-state index contributed by atoms with van der Waals surface area (Å²) in [6.07, 6.45) is 11.0. The highest BCUT2D eigenvalue weighted by atomic mass is 35.5. The van der Waals surface area contributed by atoms with Gasteiger partial charge in [-0.25, -0.2) is 4.98 Å². The number of nitrogens with one attached hydrogen (secondary N) is 4. The van der Waals surface area contributed by atoms with Crippen molar-refractivity contribution in [3.05, 3.63) is 89.0 Å². The van der Waals surface area contributed by atoms with E-state index >= 15 is 0 Å². The molecule has 2 aromatic carbocycles. The van der Waals surface area contributed by atoms with E-state index in [1.165, 1.54) is 0 Å². The maximum atomic E-state index is 13.5. The first-order chi connectivity index (χ1) is 21.7. The third kappa shape index (κ3) is 10.7. The predicted octanol–water partition coefficient (Wildman–Crippen LogP) is 5.21. The van der Waals surface area contributed by atoms with Crippen LogP contribution in [0.1, 0.15) is 86.7 Å². The van der Waals surface area contributed by atoms with Crippen molar-refractivity contribution < 1.29 is 14.4 Å². The molecule has 0 saturated heterocycles. The largest absolute Gasteiger partial charge is 0.351 e. The summed E-state index contributed by atoms with van der Waals surface area (Å²) in [7, 11) is 0. The zero-order valence-electron chi connectivity index (χ0n) is 26.6. The fraction of sp³-hybridized carbons (Fsp3) is 0.486. The van der Waals surface area contributed by atoms with Gasteiger partial charge in [0.1, 0.15) is 12.1 Å². The molecule has 1 aliphatic rings. The molecule has 4 rings (SSSR count). The molecule has 0 spiro atoms. The van der Waals surface area contributed by atoms with Crippen LogP contribution >= 0.6 is 11.6 Å². The van der Waals surface area contributed by atoms with Gasteiger partial charge in [0, 0.05) is 48.0 Å². The Balaban J connectivity index is 1.27. The second-order valence-corrected chi connectivity index (χ2v) is 12.9. The highest BCUT2D eigenvalue weighted by Gasteiger charge is 2.32. The molecule has 1 saturated carbocycles. The van der Waals surface area contributed by atoms with E-state index in [-0.39, 0.29) is 29.7 Å². The lowest BCUT2D eigenvalue weighted by molar-refractivity contribution is -0.130. The number of halogens is 1. The van der Waals surface area contributed by atoms with Crippen LogP contribution in [0.2, 0.25) is 5.02 Å². The number of nitrogens with zero attached hydrogens (tertiary/aromatic N) is 2. The van der Waals surface area contributed by atoms with E-state index in [1.807, 2.05) is 61.3 Å². The van der Waals surface area contributed by atoms with Gasteiger partial charge in [-0.15, -0.1) is 0 Å². The van der Waals surface area contributed by atoms with Gasteiger partial charge >= 0.3 is 0 Å². The Morgan fingerprint density at radius 3 is 2.49 bits per heavy atom. The normalized spacial score (nSPS) is 17.8. The van der Waals surface area contributed by atoms with Crippen LogP contribution in [0.3, 0.4) is 0 Å². The average molecular weight is 635 g/mol. The number of carbonyl (C=O) groups is 3. The van der Waals surface area contributed by atoms with Crippen LogP contribution in [0.5, 0.6) is 0 Å². The minimum absolute atomic E-state index is 0.0334. The smallest absolute Gasteiger partial charge is 0.251 e. The van der Waals surface area contributed by atoms with Crippen LogP contribution < -0.4 is 21.3 Å². The molecular formula is C35H47ClN6O3. The van der Waals surface area contributed by atoms with Crippen molar-refractivity contribution in [2.75, 3.05) is 6.54 Å². The number of hydrogen-bond acceptors (Lipinski definition) is 5. The zero-order valence-corrected chi connectivity index (χ0v) is 27.4. The van der Waals surface area contributed by atoms with Gasteiger partial charge < -0.3 is 25.8 Å². The van der Waals surface area contributed by atoms with Gasteiger partial charge in [0.15, 0.2) is 0 Å². The van der Waals surface area contributed by atoms with Gasteiger partial charge in [-0.2, -0.15) is 0 Å².